The van der Waals surface area contributed by atoms with E-state index in [0.29, 0.717) is 25.7 Å². The van der Waals surface area contributed by atoms with Crippen LogP contribution < -0.4 is 0 Å². The van der Waals surface area contributed by atoms with Gasteiger partial charge < -0.3 is 33.8 Å². The van der Waals surface area contributed by atoms with Crippen molar-refractivity contribution < 1.29 is 80.2 Å². The van der Waals surface area contributed by atoms with Gasteiger partial charge in [0.1, 0.15) is 19.3 Å². The molecule has 0 amide bonds. The molecule has 0 aliphatic rings. The molecule has 0 spiro atoms. The number of aliphatic hydroxyl groups excluding tert-OH is 1. The van der Waals surface area contributed by atoms with Gasteiger partial charge in [-0.15, -0.1) is 0 Å². The van der Waals surface area contributed by atoms with Crippen LogP contribution in [0, 0.1) is 17.8 Å². The Morgan fingerprint density at radius 1 is 0.293 bits per heavy atom. The lowest BCUT2D eigenvalue weighted by Crippen LogP contribution is -2.30. The Hall–Kier alpha value is -1.94. The van der Waals surface area contributed by atoms with Gasteiger partial charge in [-0.1, -0.05) is 363 Å². The van der Waals surface area contributed by atoms with Gasteiger partial charge in [0, 0.05) is 25.7 Å². The van der Waals surface area contributed by atoms with E-state index in [1.165, 1.54) is 225 Å². The van der Waals surface area contributed by atoms with Crippen molar-refractivity contribution in [3.8, 4) is 0 Å². The molecule has 6 atom stereocenters. The number of unbranched alkanes of at least 4 members (excludes halogenated alkanes) is 45. The molecule has 0 aromatic rings. The first kappa shape index (κ1) is 97.1. The third kappa shape index (κ3) is 72.8. The zero-order chi connectivity index (χ0) is 73.0. The van der Waals surface area contributed by atoms with Crippen LogP contribution in [-0.2, 0) is 65.4 Å². The summed E-state index contributed by atoms with van der Waals surface area (Å²) >= 11 is 0. The standard InChI is InChI=1S/C80H156O17P2/c1-8-10-11-12-13-14-15-16-20-27-34-42-49-56-63-79(84)97-76(68-91-78(83)62-55-48-41-36-29-31-38-45-52-59-72(5)6)70-95-99(88,89)93-66-74(81)65-92-98(86,87)94-69-75(67-90-77(82)61-54-47-40-33-26-23-22-24-30-37-44-51-58-71(3)4)96-80(85)64-57-50-43-35-28-21-18-17-19-25-32-39-46-53-60-73(7)9-2/h71-76,81H,8-70H2,1-7H3,(H,86,87)(H,88,89)/t73?,74-,75-,76-/m1/s1. The Morgan fingerprint density at radius 3 is 0.768 bits per heavy atom. The predicted octanol–water partition coefficient (Wildman–Crippen LogP) is 23.7. The van der Waals surface area contributed by atoms with Gasteiger partial charge in [-0.3, -0.25) is 37.3 Å². The van der Waals surface area contributed by atoms with E-state index in [4.69, 9.17) is 37.0 Å². The lowest BCUT2D eigenvalue weighted by atomic mass is 9.99. The first-order chi connectivity index (χ1) is 47.8. The van der Waals surface area contributed by atoms with Gasteiger partial charge in [0.2, 0.25) is 0 Å². The highest BCUT2D eigenvalue weighted by molar-refractivity contribution is 7.47. The SMILES string of the molecule is CCCCCCCCCCCCCCCCC(=O)O[C@H](COC(=O)CCCCCCCCCCCC(C)C)COP(=O)(O)OC[C@H](O)COP(=O)(O)OC[C@@H](COC(=O)CCCCCCCCCCCCCCC(C)C)OC(=O)CCCCCCCCCCCCCCCCC(C)CC. The zero-order valence-electron chi connectivity index (χ0n) is 65.0. The molecule has 0 aromatic carbocycles. The monoisotopic (exact) mass is 1450 g/mol. The summed E-state index contributed by atoms with van der Waals surface area (Å²) in [5.74, 6) is 0.261. The number of carbonyl (C=O) groups is 4. The molecule has 3 unspecified atom stereocenters. The number of ether oxygens (including phenoxy) is 4. The number of phosphoric acid groups is 2. The van der Waals surface area contributed by atoms with E-state index in [-0.39, 0.29) is 25.7 Å². The van der Waals surface area contributed by atoms with Crippen molar-refractivity contribution in [1.29, 1.82) is 0 Å². The molecular formula is C80H156O17P2. The van der Waals surface area contributed by atoms with Crippen LogP contribution in [0.5, 0.6) is 0 Å². The average Bonchev–Trinajstić information content (AvgIpc) is 1.11. The lowest BCUT2D eigenvalue weighted by molar-refractivity contribution is -0.161. The molecule has 0 saturated heterocycles. The summed E-state index contributed by atoms with van der Waals surface area (Å²) in [7, 11) is -9.92. The van der Waals surface area contributed by atoms with Gasteiger partial charge in [-0.2, -0.15) is 0 Å². The van der Waals surface area contributed by atoms with Crippen molar-refractivity contribution in [3.63, 3.8) is 0 Å². The van der Waals surface area contributed by atoms with Crippen molar-refractivity contribution in [3.05, 3.63) is 0 Å². The maximum Gasteiger partial charge on any atom is 0.472 e. The number of esters is 4. The summed E-state index contributed by atoms with van der Waals surface area (Å²) in [6.07, 6.45) is 58.1. The van der Waals surface area contributed by atoms with Gasteiger partial charge >= 0.3 is 39.5 Å². The predicted molar refractivity (Wildman–Crippen MR) is 405 cm³/mol. The van der Waals surface area contributed by atoms with E-state index in [0.717, 1.165) is 108 Å². The van der Waals surface area contributed by atoms with E-state index < -0.39 is 97.5 Å². The summed E-state index contributed by atoms with van der Waals surface area (Å²) in [5, 5.41) is 10.6. The van der Waals surface area contributed by atoms with Gasteiger partial charge in [-0.25, -0.2) is 9.13 Å². The number of phosphoric ester groups is 2. The van der Waals surface area contributed by atoms with E-state index in [9.17, 15) is 43.2 Å². The topological polar surface area (TPSA) is 237 Å². The highest BCUT2D eigenvalue weighted by Gasteiger charge is 2.30. The smallest absolute Gasteiger partial charge is 0.462 e. The van der Waals surface area contributed by atoms with E-state index in [1.807, 2.05) is 0 Å². The Kier molecular flexibility index (Phi) is 69.0. The molecule has 0 bridgehead atoms. The fraction of sp³-hybridized carbons (Fsp3) is 0.950. The van der Waals surface area contributed by atoms with Crippen LogP contribution in [0.25, 0.3) is 0 Å². The van der Waals surface area contributed by atoms with Crippen LogP contribution in [0.1, 0.15) is 414 Å². The Labute approximate surface area is 607 Å². The quantitative estimate of drug-likeness (QED) is 0.0222. The van der Waals surface area contributed by atoms with Gasteiger partial charge in [0.05, 0.1) is 26.4 Å². The summed E-state index contributed by atoms with van der Waals surface area (Å²) in [4.78, 5) is 73.0. The van der Waals surface area contributed by atoms with Crippen molar-refractivity contribution >= 4 is 39.5 Å². The number of hydrogen-bond donors (Lipinski definition) is 3. The molecular weight excluding hydrogens is 1290 g/mol. The first-order valence-electron chi connectivity index (χ1n) is 41.4. The van der Waals surface area contributed by atoms with Crippen molar-refractivity contribution in [2.24, 2.45) is 17.8 Å². The molecule has 588 valence electrons. The minimum atomic E-state index is -4.96. The maximum absolute atomic E-state index is 13.1. The molecule has 0 aliphatic heterocycles. The second kappa shape index (κ2) is 70.4. The largest absolute Gasteiger partial charge is 0.472 e. The maximum atomic E-state index is 13.1. The van der Waals surface area contributed by atoms with Crippen LogP contribution >= 0.6 is 15.6 Å². The van der Waals surface area contributed by atoms with Crippen LogP contribution in [0.3, 0.4) is 0 Å². The average molecular weight is 1450 g/mol. The number of carbonyl (C=O) groups excluding carboxylic acids is 4. The molecule has 19 heteroatoms. The van der Waals surface area contributed by atoms with Crippen LogP contribution in [-0.4, -0.2) is 96.7 Å². The fourth-order valence-corrected chi connectivity index (χ4v) is 13.9. The summed E-state index contributed by atoms with van der Waals surface area (Å²) in [6.45, 7) is 12.0. The highest BCUT2D eigenvalue weighted by atomic mass is 31.2. The molecule has 0 rings (SSSR count). The summed E-state index contributed by atoms with van der Waals surface area (Å²) in [5.41, 5.74) is 0. The molecule has 0 aliphatic carbocycles. The van der Waals surface area contributed by atoms with Crippen LogP contribution in [0.2, 0.25) is 0 Å². The Morgan fingerprint density at radius 2 is 0.515 bits per heavy atom. The summed E-state index contributed by atoms with van der Waals surface area (Å²) in [6, 6.07) is 0. The highest BCUT2D eigenvalue weighted by Crippen LogP contribution is 2.45. The molecule has 17 nitrogen and oxygen atoms in total. The van der Waals surface area contributed by atoms with Crippen LogP contribution in [0.4, 0.5) is 0 Å². The van der Waals surface area contributed by atoms with Crippen LogP contribution in [0.15, 0.2) is 0 Å². The molecule has 99 heavy (non-hydrogen) atoms. The third-order valence-corrected chi connectivity index (χ3v) is 20.9. The number of rotatable bonds is 78. The molecule has 0 aromatic heterocycles. The Balaban J connectivity index is 5.27. The zero-order valence-corrected chi connectivity index (χ0v) is 66.8. The molecule has 0 radical (unpaired) electrons. The first-order valence-corrected chi connectivity index (χ1v) is 44.4. The number of aliphatic hydroxyl groups is 1. The third-order valence-electron chi connectivity index (χ3n) is 19.0. The minimum absolute atomic E-state index is 0.107. The van der Waals surface area contributed by atoms with E-state index in [1.54, 1.807) is 0 Å². The van der Waals surface area contributed by atoms with E-state index in [2.05, 4.69) is 48.5 Å². The minimum Gasteiger partial charge on any atom is -0.462 e. The summed E-state index contributed by atoms with van der Waals surface area (Å²) < 4.78 is 68.7. The van der Waals surface area contributed by atoms with Crippen molar-refractivity contribution in [1.82, 2.24) is 0 Å². The molecule has 0 saturated carbocycles. The van der Waals surface area contributed by atoms with Crippen molar-refractivity contribution in [2.75, 3.05) is 39.6 Å². The molecule has 3 N–H and O–H groups in total. The van der Waals surface area contributed by atoms with E-state index >= 15 is 0 Å². The normalized spacial score (nSPS) is 14.3. The molecule has 0 fully saturated rings. The lowest BCUT2D eigenvalue weighted by Gasteiger charge is -2.21. The second-order valence-corrected chi connectivity index (χ2v) is 32.9. The van der Waals surface area contributed by atoms with Gasteiger partial charge in [0.25, 0.3) is 0 Å². The van der Waals surface area contributed by atoms with Crippen molar-refractivity contribution in [2.45, 2.75) is 433 Å². The number of hydrogen-bond acceptors (Lipinski definition) is 15. The Bertz CT molecular complexity index is 1920. The fourth-order valence-electron chi connectivity index (χ4n) is 12.3. The van der Waals surface area contributed by atoms with Gasteiger partial charge in [-0.05, 0) is 43.4 Å². The molecule has 0 heterocycles. The van der Waals surface area contributed by atoms with Gasteiger partial charge in [0.15, 0.2) is 12.2 Å². The second-order valence-electron chi connectivity index (χ2n) is 30.0.